The Kier molecular flexibility index (Phi) is 13.1. The Morgan fingerprint density at radius 3 is 1.96 bits per heavy atom. The highest BCUT2D eigenvalue weighted by Crippen LogP contribution is 2.13. The number of aliphatic carboxylic acids is 1. The number of rotatable bonds is 10. The van der Waals surface area contributed by atoms with Crippen LogP contribution in [0.2, 0.25) is 0 Å². The van der Waals surface area contributed by atoms with Crippen molar-refractivity contribution in [2.75, 3.05) is 0 Å². The number of primary amides is 1. The molecular formula is C15H25F3N2O6. The van der Waals surface area contributed by atoms with Crippen molar-refractivity contribution in [2.45, 2.75) is 65.1 Å². The first-order valence-electron chi connectivity index (χ1n) is 7.89. The number of hydrogen-bond donors (Lipinski definition) is 3. The van der Waals surface area contributed by atoms with Gasteiger partial charge >= 0.3 is 18.1 Å². The van der Waals surface area contributed by atoms with Gasteiger partial charge in [0.25, 0.3) is 0 Å². The maximum atomic E-state index is 11.4. The second-order valence-corrected chi connectivity index (χ2v) is 5.66. The van der Waals surface area contributed by atoms with Crippen LogP contribution >= 0.6 is 0 Å². The van der Waals surface area contributed by atoms with Gasteiger partial charge in [-0.1, -0.05) is 20.8 Å². The fourth-order valence-electron chi connectivity index (χ4n) is 1.54. The van der Waals surface area contributed by atoms with Crippen LogP contribution in [-0.4, -0.2) is 41.0 Å². The number of hydrogen-bond acceptors (Lipinski definition) is 6. The number of hydroxylamine groups is 1. The summed E-state index contributed by atoms with van der Waals surface area (Å²) in [6, 6.07) is -0.703. The number of halogens is 3. The van der Waals surface area contributed by atoms with E-state index >= 15 is 0 Å². The molecule has 1 atom stereocenters. The molecule has 0 spiro atoms. The zero-order valence-electron chi connectivity index (χ0n) is 14.9. The van der Waals surface area contributed by atoms with Gasteiger partial charge in [-0.15, -0.1) is 5.48 Å². The minimum atomic E-state index is -5.08. The lowest BCUT2D eigenvalue weighted by atomic mass is 10.1. The molecule has 0 rings (SSSR count). The highest BCUT2D eigenvalue weighted by atomic mass is 19.4. The van der Waals surface area contributed by atoms with Gasteiger partial charge in [0.15, 0.2) is 0 Å². The molecule has 1 amide bonds. The Morgan fingerprint density at radius 1 is 1.12 bits per heavy atom. The van der Waals surface area contributed by atoms with Crippen LogP contribution in [0.3, 0.4) is 0 Å². The topological polar surface area (TPSA) is 136 Å². The van der Waals surface area contributed by atoms with Crippen molar-refractivity contribution < 1.29 is 42.3 Å². The van der Waals surface area contributed by atoms with Crippen LogP contribution in [0.5, 0.6) is 0 Å². The number of carbonyl (C=O) groups excluding carboxylic acids is 3. The number of ketones is 1. The van der Waals surface area contributed by atoms with Crippen molar-refractivity contribution in [2.24, 2.45) is 11.7 Å². The maximum Gasteiger partial charge on any atom is 0.490 e. The van der Waals surface area contributed by atoms with E-state index < -0.39 is 30.1 Å². The lowest BCUT2D eigenvalue weighted by molar-refractivity contribution is -0.192. The summed E-state index contributed by atoms with van der Waals surface area (Å²) in [4.78, 5) is 47.3. The Bertz CT molecular complexity index is 480. The zero-order chi connectivity index (χ0) is 20.9. The third kappa shape index (κ3) is 14.2. The smallest absolute Gasteiger partial charge is 0.475 e. The number of Topliss-reactive ketones (excluding diaryl/α,β-unsaturated/α-hetero) is 1. The van der Waals surface area contributed by atoms with Crippen LogP contribution in [0.25, 0.3) is 0 Å². The second kappa shape index (κ2) is 13.1. The van der Waals surface area contributed by atoms with Gasteiger partial charge in [-0.05, 0) is 18.8 Å². The van der Waals surface area contributed by atoms with E-state index in [0.717, 1.165) is 6.42 Å². The summed E-state index contributed by atoms with van der Waals surface area (Å²) in [5, 5.41) is 7.12. The number of carboxylic acid groups (broad SMARTS) is 1. The van der Waals surface area contributed by atoms with E-state index in [-0.39, 0.29) is 18.1 Å². The molecule has 0 saturated carbocycles. The first-order chi connectivity index (χ1) is 11.8. The molecule has 0 fully saturated rings. The SMILES string of the molecule is CCCC(=O)CCCC(=O)ON[C@H](C(N)=O)C(C)C.O=C(O)C(F)(F)F. The zero-order valence-corrected chi connectivity index (χ0v) is 14.9. The molecule has 152 valence electrons. The van der Waals surface area contributed by atoms with Gasteiger partial charge < -0.3 is 15.7 Å². The largest absolute Gasteiger partial charge is 0.490 e. The van der Waals surface area contributed by atoms with E-state index in [4.69, 9.17) is 20.5 Å². The average Bonchev–Trinajstić information content (AvgIpc) is 2.46. The average molecular weight is 386 g/mol. The number of amides is 1. The molecule has 4 N–H and O–H groups in total. The molecule has 0 aliphatic heterocycles. The van der Waals surface area contributed by atoms with Crippen molar-refractivity contribution in [3.8, 4) is 0 Å². The Hall–Kier alpha value is -2.17. The lowest BCUT2D eigenvalue weighted by Crippen LogP contribution is -2.45. The first kappa shape index (κ1) is 26.1. The quantitative estimate of drug-likeness (QED) is 0.486. The normalized spacial score (nSPS) is 12.0. The lowest BCUT2D eigenvalue weighted by Gasteiger charge is -2.17. The van der Waals surface area contributed by atoms with Crippen molar-refractivity contribution in [1.82, 2.24) is 5.48 Å². The van der Waals surface area contributed by atoms with E-state index in [0.29, 0.717) is 19.3 Å². The Balaban J connectivity index is 0. The number of nitrogens with one attached hydrogen (secondary N) is 1. The predicted octanol–water partition coefficient (Wildman–Crippen LogP) is 1.72. The van der Waals surface area contributed by atoms with E-state index in [1.54, 1.807) is 13.8 Å². The van der Waals surface area contributed by atoms with Crippen LogP contribution in [0.1, 0.15) is 52.9 Å². The van der Waals surface area contributed by atoms with Crippen molar-refractivity contribution in [1.29, 1.82) is 0 Å². The molecule has 0 radical (unpaired) electrons. The molecule has 0 heterocycles. The standard InChI is InChI=1S/C13H24N2O4.C2HF3O2/c1-4-6-10(16)7-5-8-11(17)19-15-12(9(2)3)13(14)18;3-2(4,5)1(6)7/h9,12,15H,4-8H2,1-3H3,(H2,14,18);(H,6,7)/t12-;/m0./s1. The van der Waals surface area contributed by atoms with Crippen LogP contribution in [0.4, 0.5) is 13.2 Å². The summed E-state index contributed by atoms with van der Waals surface area (Å²) in [5.41, 5.74) is 7.53. The van der Waals surface area contributed by atoms with Crippen molar-refractivity contribution in [3.63, 3.8) is 0 Å². The third-order valence-corrected chi connectivity index (χ3v) is 2.88. The molecule has 0 aliphatic rings. The minimum Gasteiger partial charge on any atom is -0.475 e. The number of carbonyl (C=O) groups is 4. The summed E-state index contributed by atoms with van der Waals surface area (Å²) in [7, 11) is 0. The van der Waals surface area contributed by atoms with Gasteiger partial charge in [0.2, 0.25) is 5.91 Å². The molecule has 0 saturated heterocycles. The first-order valence-corrected chi connectivity index (χ1v) is 7.89. The highest BCUT2D eigenvalue weighted by Gasteiger charge is 2.38. The maximum absolute atomic E-state index is 11.4. The summed E-state index contributed by atoms with van der Waals surface area (Å²) in [6.45, 7) is 5.52. The Labute approximate surface area is 149 Å². The van der Waals surface area contributed by atoms with Crippen molar-refractivity contribution in [3.05, 3.63) is 0 Å². The molecule has 0 aromatic heterocycles. The number of alkyl halides is 3. The number of nitrogens with two attached hydrogens (primary N) is 1. The molecule has 11 heteroatoms. The molecule has 0 aromatic rings. The highest BCUT2D eigenvalue weighted by molar-refractivity contribution is 5.80. The van der Waals surface area contributed by atoms with E-state index in [2.05, 4.69) is 5.48 Å². The Morgan fingerprint density at radius 2 is 1.62 bits per heavy atom. The van der Waals surface area contributed by atoms with Crippen LogP contribution < -0.4 is 11.2 Å². The van der Waals surface area contributed by atoms with E-state index in [9.17, 15) is 27.6 Å². The second-order valence-electron chi connectivity index (χ2n) is 5.66. The summed E-state index contributed by atoms with van der Waals surface area (Å²) >= 11 is 0. The van der Waals surface area contributed by atoms with Gasteiger partial charge in [-0.2, -0.15) is 13.2 Å². The summed E-state index contributed by atoms with van der Waals surface area (Å²) < 4.78 is 31.7. The van der Waals surface area contributed by atoms with Gasteiger partial charge in [-0.25, -0.2) is 4.79 Å². The number of carboxylic acids is 1. The molecule has 0 unspecified atom stereocenters. The predicted molar refractivity (Wildman–Crippen MR) is 84.5 cm³/mol. The molecular weight excluding hydrogens is 361 g/mol. The van der Waals surface area contributed by atoms with Gasteiger partial charge in [-0.3, -0.25) is 14.4 Å². The van der Waals surface area contributed by atoms with Crippen LogP contribution in [0.15, 0.2) is 0 Å². The molecule has 0 aromatic carbocycles. The van der Waals surface area contributed by atoms with E-state index in [1.165, 1.54) is 0 Å². The third-order valence-electron chi connectivity index (χ3n) is 2.88. The fraction of sp³-hybridized carbons (Fsp3) is 0.733. The fourth-order valence-corrected chi connectivity index (χ4v) is 1.54. The van der Waals surface area contributed by atoms with Gasteiger partial charge in [0.05, 0.1) is 0 Å². The minimum absolute atomic E-state index is 0.0727. The molecule has 26 heavy (non-hydrogen) atoms. The van der Waals surface area contributed by atoms with Crippen molar-refractivity contribution >= 4 is 23.6 Å². The molecule has 0 bridgehead atoms. The van der Waals surface area contributed by atoms with Gasteiger partial charge in [0, 0.05) is 19.3 Å². The van der Waals surface area contributed by atoms with Crippen LogP contribution in [-0.2, 0) is 24.0 Å². The summed E-state index contributed by atoms with van der Waals surface area (Å²) in [5.74, 6) is -3.73. The van der Waals surface area contributed by atoms with Crippen LogP contribution in [0, 0.1) is 5.92 Å². The molecule has 0 aliphatic carbocycles. The monoisotopic (exact) mass is 386 g/mol. The van der Waals surface area contributed by atoms with E-state index in [1.807, 2.05) is 6.92 Å². The molecule has 8 nitrogen and oxygen atoms in total. The summed E-state index contributed by atoms with van der Waals surface area (Å²) in [6.07, 6.45) is -2.73. The van der Waals surface area contributed by atoms with Gasteiger partial charge in [0.1, 0.15) is 11.8 Å².